The number of amides is 1. The number of anilines is 1. The average molecular weight is 699 g/mol. The smallest absolute Gasteiger partial charge is 0.407 e. The van der Waals surface area contributed by atoms with Gasteiger partial charge in [-0.25, -0.2) is 4.79 Å². The summed E-state index contributed by atoms with van der Waals surface area (Å²) in [6.07, 6.45) is 13.8. The van der Waals surface area contributed by atoms with Gasteiger partial charge >= 0.3 is 6.09 Å². The number of nitrogens with one attached hydrogen (secondary N) is 1. The monoisotopic (exact) mass is 698 g/mol. The van der Waals surface area contributed by atoms with Gasteiger partial charge in [-0.1, -0.05) is 101 Å². The number of rotatable bonds is 13. The van der Waals surface area contributed by atoms with Crippen LogP contribution in [-0.4, -0.2) is 42.6 Å². The summed E-state index contributed by atoms with van der Waals surface area (Å²) in [5.74, 6) is 0.921. The standard InChI is InChI=1S/C46H55N3O3/c1-7-30-48-39-23-14-12-21-37(39)45(3,4)41(48)27-25-35-19-16-20-36(43(35)51-32-29-47-44(50)52-33-34-17-10-9-11-18-34)26-28-42-46(5,6)38-22-13-15-24-40(38)49(42)31-8-2/h9-15,17-18,21-28H,7-8,16,19-20,29-33H2,1-6H3/p+1. The first kappa shape index (κ1) is 36.9. The summed E-state index contributed by atoms with van der Waals surface area (Å²) in [6, 6.07) is 27.3. The first-order chi connectivity index (χ1) is 25.2. The summed E-state index contributed by atoms with van der Waals surface area (Å²) >= 11 is 0. The van der Waals surface area contributed by atoms with Gasteiger partial charge in [-0.15, -0.1) is 0 Å². The predicted molar refractivity (Wildman–Crippen MR) is 213 cm³/mol. The minimum absolute atomic E-state index is 0.114. The number of para-hydroxylation sites is 2. The molecule has 0 atom stereocenters. The Balaban J connectivity index is 1.30. The van der Waals surface area contributed by atoms with Crippen LogP contribution in [0.2, 0.25) is 0 Å². The van der Waals surface area contributed by atoms with Gasteiger partial charge in [0, 0.05) is 47.5 Å². The van der Waals surface area contributed by atoms with E-state index in [2.05, 4.69) is 129 Å². The zero-order valence-electron chi connectivity index (χ0n) is 32.0. The Morgan fingerprint density at radius 1 is 0.846 bits per heavy atom. The number of nitrogens with zero attached hydrogens (tertiary/aromatic N) is 2. The summed E-state index contributed by atoms with van der Waals surface area (Å²) in [6.45, 7) is 16.7. The second kappa shape index (κ2) is 16.2. The van der Waals surface area contributed by atoms with Crippen LogP contribution in [0.1, 0.15) is 90.3 Å². The van der Waals surface area contributed by atoms with E-state index in [1.54, 1.807) is 0 Å². The Kier molecular flexibility index (Phi) is 11.5. The number of hydrogen-bond acceptors (Lipinski definition) is 4. The molecule has 1 amide bonds. The number of allylic oxidation sites excluding steroid dienone is 7. The Hall–Kier alpha value is -4.84. The Bertz CT molecular complexity index is 1910. The molecular weight excluding hydrogens is 643 g/mol. The number of hydrogen-bond donors (Lipinski definition) is 1. The quantitative estimate of drug-likeness (QED) is 0.143. The summed E-state index contributed by atoms with van der Waals surface area (Å²) in [5, 5.41) is 2.88. The van der Waals surface area contributed by atoms with Gasteiger partial charge in [0.15, 0.2) is 5.71 Å². The van der Waals surface area contributed by atoms with Crippen LogP contribution in [0.3, 0.4) is 0 Å². The number of fused-ring (bicyclic) bond motifs is 2. The van der Waals surface area contributed by atoms with Crippen molar-refractivity contribution in [2.45, 2.75) is 91.1 Å². The zero-order chi connectivity index (χ0) is 36.7. The molecule has 6 heteroatoms. The van der Waals surface area contributed by atoms with E-state index in [0.717, 1.165) is 56.5 Å². The molecule has 2 heterocycles. The third-order valence-corrected chi connectivity index (χ3v) is 10.7. The van der Waals surface area contributed by atoms with Gasteiger partial charge in [0.2, 0.25) is 5.69 Å². The van der Waals surface area contributed by atoms with E-state index >= 15 is 0 Å². The molecule has 0 saturated heterocycles. The highest BCUT2D eigenvalue weighted by molar-refractivity contribution is 6.03. The fourth-order valence-electron chi connectivity index (χ4n) is 8.06. The van der Waals surface area contributed by atoms with Gasteiger partial charge in [0.05, 0.1) is 12.0 Å². The molecule has 0 saturated carbocycles. The molecule has 0 radical (unpaired) electrons. The number of carbonyl (C=O) groups is 1. The number of carbonyl (C=O) groups excluding carboxylic acids is 1. The van der Waals surface area contributed by atoms with Crippen LogP contribution < -0.4 is 10.2 Å². The molecule has 0 spiro atoms. The summed E-state index contributed by atoms with van der Waals surface area (Å²) < 4.78 is 14.6. The maximum atomic E-state index is 12.5. The van der Waals surface area contributed by atoms with Crippen LogP contribution in [0.4, 0.5) is 16.2 Å². The Labute approximate surface area is 311 Å². The molecule has 3 aliphatic rings. The highest BCUT2D eigenvalue weighted by Crippen LogP contribution is 2.48. The Morgan fingerprint density at radius 2 is 1.58 bits per heavy atom. The molecule has 2 aliphatic heterocycles. The third kappa shape index (κ3) is 7.67. The molecule has 3 aromatic carbocycles. The van der Waals surface area contributed by atoms with E-state index in [0.29, 0.717) is 13.2 Å². The molecular formula is C46H56N3O3+. The first-order valence-corrected chi connectivity index (χ1v) is 19.2. The van der Waals surface area contributed by atoms with Crippen molar-refractivity contribution in [3.8, 4) is 0 Å². The largest absolute Gasteiger partial charge is 0.491 e. The second-order valence-electron chi connectivity index (χ2n) is 15.1. The maximum absolute atomic E-state index is 12.5. The van der Waals surface area contributed by atoms with Crippen LogP contribution in [-0.2, 0) is 26.9 Å². The van der Waals surface area contributed by atoms with Crippen LogP contribution in [0, 0.1) is 0 Å². The van der Waals surface area contributed by atoms with E-state index in [9.17, 15) is 4.79 Å². The third-order valence-electron chi connectivity index (χ3n) is 10.7. The van der Waals surface area contributed by atoms with Gasteiger partial charge in [0.1, 0.15) is 25.5 Å². The normalized spacial score (nSPS) is 19.1. The molecule has 6 nitrogen and oxygen atoms in total. The minimum Gasteiger partial charge on any atom is -0.491 e. The maximum Gasteiger partial charge on any atom is 0.407 e. The molecule has 1 aliphatic carbocycles. The Morgan fingerprint density at radius 3 is 2.35 bits per heavy atom. The fraction of sp³-hybridized carbons (Fsp3) is 0.391. The molecule has 0 aromatic heterocycles. The SMILES string of the molecule is CCCN1/C(=C/C=C2\CCCC(/C=C/C3=[N+](CCC)c4ccccc4C3(C)C)=C2OCCNC(=O)OCc2ccccc2)C(C)(C)c2ccccc21. The van der Waals surface area contributed by atoms with Crippen molar-refractivity contribution in [1.82, 2.24) is 5.32 Å². The summed E-state index contributed by atoms with van der Waals surface area (Å²) in [5.41, 5.74) is 11.1. The van der Waals surface area contributed by atoms with Gasteiger partial charge in [0.25, 0.3) is 0 Å². The number of benzene rings is 3. The first-order valence-electron chi connectivity index (χ1n) is 19.2. The lowest BCUT2D eigenvalue weighted by molar-refractivity contribution is -0.437. The van der Waals surface area contributed by atoms with Crippen LogP contribution >= 0.6 is 0 Å². The molecule has 272 valence electrons. The van der Waals surface area contributed by atoms with Crippen LogP contribution in [0.5, 0.6) is 0 Å². The van der Waals surface area contributed by atoms with Gasteiger partial charge in [-0.05, 0) is 80.0 Å². The molecule has 52 heavy (non-hydrogen) atoms. The summed E-state index contributed by atoms with van der Waals surface area (Å²) in [7, 11) is 0. The van der Waals surface area contributed by atoms with Gasteiger partial charge in [-0.3, -0.25) is 0 Å². The second-order valence-corrected chi connectivity index (χ2v) is 15.1. The number of alkyl carbamates (subject to hydrolysis) is 1. The van der Waals surface area contributed by atoms with Crippen molar-refractivity contribution in [3.63, 3.8) is 0 Å². The van der Waals surface area contributed by atoms with Crippen molar-refractivity contribution in [1.29, 1.82) is 0 Å². The molecule has 0 bridgehead atoms. The predicted octanol–water partition coefficient (Wildman–Crippen LogP) is 10.4. The topological polar surface area (TPSA) is 53.8 Å². The lowest BCUT2D eigenvalue weighted by atomic mass is 9.81. The molecule has 1 N–H and O–H groups in total. The van der Waals surface area contributed by atoms with E-state index in [-0.39, 0.29) is 17.4 Å². The van der Waals surface area contributed by atoms with Gasteiger partial charge in [-0.2, -0.15) is 4.58 Å². The highest BCUT2D eigenvalue weighted by Gasteiger charge is 2.44. The zero-order valence-corrected chi connectivity index (χ0v) is 32.0. The summed E-state index contributed by atoms with van der Waals surface area (Å²) in [4.78, 5) is 15.0. The van der Waals surface area contributed by atoms with Crippen molar-refractivity contribution in [3.05, 3.63) is 142 Å². The van der Waals surface area contributed by atoms with Crippen LogP contribution in [0.25, 0.3) is 0 Å². The van der Waals surface area contributed by atoms with E-state index in [1.807, 2.05) is 30.3 Å². The molecule has 6 rings (SSSR count). The van der Waals surface area contributed by atoms with Crippen molar-refractivity contribution in [2.75, 3.05) is 31.1 Å². The minimum atomic E-state index is -0.444. The van der Waals surface area contributed by atoms with Crippen molar-refractivity contribution >= 4 is 23.2 Å². The molecule has 0 unspecified atom stereocenters. The molecule has 0 fully saturated rings. The van der Waals surface area contributed by atoms with Crippen molar-refractivity contribution < 1.29 is 18.8 Å². The van der Waals surface area contributed by atoms with E-state index < -0.39 is 6.09 Å². The molecule has 3 aromatic rings. The van der Waals surface area contributed by atoms with Crippen molar-refractivity contribution in [2.24, 2.45) is 0 Å². The lowest BCUT2D eigenvalue weighted by Gasteiger charge is -2.27. The average Bonchev–Trinajstić information content (AvgIpc) is 3.50. The number of ether oxygens (including phenoxy) is 2. The van der Waals surface area contributed by atoms with E-state index in [1.165, 1.54) is 45.1 Å². The van der Waals surface area contributed by atoms with E-state index in [4.69, 9.17) is 9.47 Å². The van der Waals surface area contributed by atoms with Crippen LogP contribution in [0.15, 0.2) is 126 Å². The lowest BCUT2D eigenvalue weighted by Crippen LogP contribution is -2.28. The highest BCUT2D eigenvalue weighted by atomic mass is 16.5. The van der Waals surface area contributed by atoms with Gasteiger partial charge < -0.3 is 19.7 Å². The fourth-order valence-corrected chi connectivity index (χ4v) is 8.06.